The molecule has 0 bridgehead atoms. The number of hydrogen-bond donors (Lipinski definition) is 2. The topological polar surface area (TPSA) is 88.8 Å². The van der Waals surface area contributed by atoms with Crippen molar-refractivity contribution in [2.24, 2.45) is 5.10 Å². The van der Waals surface area contributed by atoms with Gasteiger partial charge in [-0.3, -0.25) is 10.7 Å². The van der Waals surface area contributed by atoms with E-state index >= 15 is 0 Å². The zero-order valence-corrected chi connectivity index (χ0v) is 15.2. The van der Waals surface area contributed by atoms with Crippen molar-refractivity contribution in [3.8, 4) is 11.3 Å². The number of anilines is 2. The van der Waals surface area contributed by atoms with Gasteiger partial charge in [0.2, 0.25) is 5.13 Å². The lowest BCUT2D eigenvalue weighted by atomic mass is 10.1. The van der Waals surface area contributed by atoms with Crippen molar-refractivity contribution in [2.45, 2.75) is 13.8 Å². The largest absolute Gasteiger partial charge is 0.463 e. The lowest BCUT2D eigenvalue weighted by Crippen LogP contribution is -2.12. The molecule has 7 nitrogen and oxygen atoms in total. The van der Waals surface area contributed by atoms with Crippen LogP contribution in [0, 0.1) is 6.92 Å². The van der Waals surface area contributed by atoms with Gasteiger partial charge in [-0.15, -0.1) is 0 Å². The van der Waals surface area contributed by atoms with E-state index in [1.807, 2.05) is 31.2 Å². The Kier molecular flexibility index (Phi) is 5.65. The lowest BCUT2D eigenvalue weighted by Gasteiger charge is -2.05. The summed E-state index contributed by atoms with van der Waals surface area (Å²) in [6, 6.07) is 11.5. The van der Waals surface area contributed by atoms with Crippen molar-refractivity contribution >= 4 is 33.8 Å². The fraction of sp³-hybridized carbons (Fsp3) is 0.167. The molecule has 1 aromatic carbocycles. The molecule has 0 radical (unpaired) electrons. The maximum atomic E-state index is 11.8. The van der Waals surface area contributed by atoms with Crippen LogP contribution in [0.25, 0.3) is 11.3 Å². The summed E-state index contributed by atoms with van der Waals surface area (Å²) < 4.78 is 10.1. The summed E-state index contributed by atoms with van der Waals surface area (Å²) in [5, 5.41) is 7.95. The Morgan fingerprint density at radius 1 is 1.35 bits per heavy atom. The number of rotatable bonds is 6. The van der Waals surface area contributed by atoms with Crippen molar-refractivity contribution in [2.75, 3.05) is 17.3 Å². The number of thiazole rings is 1. The monoisotopic (exact) mass is 370 g/mol. The molecule has 0 unspecified atom stereocenters. The predicted molar refractivity (Wildman–Crippen MR) is 103 cm³/mol. The molecule has 2 N–H and O–H groups in total. The minimum Gasteiger partial charge on any atom is -0.463 e. The number of hydrazone groups is 1. The van der Waals surface area contributed by atoms with E-state index in [4.69, 9.17) is 9.15 Å². The second kappa shape index (κ2) is 8.30. The third kappa shape index (κ3) is 4.48. The smallest absolute Gasteiger partial charge is 0.412 e. The van der Waals surface area contributed by atoms with E-state index in [0.717, 1.165) is 11.1 Å². The molecule has 0 aliphatic heterocycles. The number of ether oxygens (including phenoxy) is 1. The quantitative estimate of drug-likeness (QED) is 0.484. The number of benzene rings is 1. The summed E-state index contributed by atoms with van der Waals surface area (Å²) in [6.07, 6.45) is 2.60. The zero-order chi connectivity index (χ0) is 18.4. The molecular formula is C18H18N4O3S. The SMILES string of the molecule is CCOC(=O)Nc1sc(NN=Cc2ccco2)nc1-c1ccc(C)cc1. The number of hydrogen-bond acceptors (Lipinski definition) is 7. The van der Waals surface area contributed by atoms with E-state index in [-0.39, 0.29) is 0 Å². The van der Waals surface area contributed by atoms with E-state index in [0.29, 0.717) is 28.2 Å². The number of nitrogens with one attached hydrogen (secondary N) is 2. The first-order valence-electron chi connectivity index (χ1n) is 8.00. The van der Waals surface area contributed by atoms with Crippen LogP contribution >= 0.6 is 11.3 Å². The second-order valence-electron chi connectivity index (χ2n) is 5.29. The van der Waals surface area contributed by atoms with Gasteiger partial charge in [-0.05, 0) is 26.0 Å². The number of carbonyl (C=O) groups excluding carboxylic acids is 1. The number of aryl methyl sites for hydroxylation is 1. The first kappa shape index (κ1) is 17.7. The third-order valence-electron chi connectivity index (χ3n) is 3.34. The van der Waals surface area contributed by atoms with Crippen LogP contribution in [0.15, 0.2) is 52.2 Å². The average molecular weight is 370 g/mol. The molecule has 2 aromatic heterocycles. The Balaban J connectivity index is 1.84. The van der Waals surface area contributed by atoms with Gasteiger partial charge in [-0.2, -0.15) is 5.10 Å². The highest BCUT2D eigenvalue weighted by atomic mass is 32.1. The molecule has 3 aromatic rings. The Bertz CT molecular complexity index is 886. The number of carbonyl (C=O) groups is 1. The van der Waals surface area contributed by atoms with Gasteiger partial charge in [-0.25, -0.2) is 9.78 Å². The molecule has 0 aliphatic carbocycles. The Morgan fingerprint density at radius 2 is 2.15 bits per heavy atom. The van der Waals surface area contributed by atoms with Gasteiger partial charge in [0.1, 0.15) is 16.5 Å². The standard InChI is InChI=1S/C18H18N4O3S/c1-3-24-18(23)21-16-15(13-8-6-12(2)7-9-13)20-17(26-16)22-19-11-14-5-4-10-25-14/h4-11H,3H2,1-2H3,(H,20,22)(H,21,23). The predicted octanol–water partition coefficient (Wildman–Crippen LogP) is 4.73. The molecule has 26 heavy (non-hydrogen) atoms. The highest BCUT2D eigenvalue weighted by Gasteiger charge is 2.16. The van der Waals surface area contributed by atoms with Gasteiger partial charge >= 0.3 is 6.09 Å². The third-order valence-corrected chi connectivity index (χ3v) is 4.21. The van der Waals surface area contributed by atoms with Crippen molar-refractivity contribution in [3.63, 3.8) is 0 Å². The van der Waals surface area contributed by atoms with Crippen molar-refractivity contribution in [1.82, 2.24) is 4.98 Å². The summed E-state index contributed by atoms with van der Waals surface area (Å²) in [4.78, 5) is 16.3. The summed E-state index contributed by atoms with van der Waals surface area (Å²) in [7, 11) is 0. The van der Waals surface area contributed by atoms with Gasteiger partial charge in [-0.1, -0.05) is 41.2 Å². The molecule has 8 heteroatoms. The van der Waals surface area contributed by atoms with Crippen LogP contribution in [0.4, 0.5) is 14.9 Å². The molecule has 0 fully saturated rings. The molecule has 134 valence electrons. The van der Waals surface area contributed by atoms with Crippen molar-refractivity contribution in [3.05, 3.63) is 54.0 Å². The molecule has 3 rings (SSSR count). The molecule has 1 amide bonds. The minimum atomic E-state index is -0.518. The minimum absolute atomic E-state index is 0.295. The van der Waals surface area contributed by atoms with Crippen LogP contribution in [0.5, 0.6) is 0 Å². The van der Waals surface area contributed by atoms with E-state index in [1.54, 1.807) is 31.5 Å². The Morgan fingerprint density at radius 3 is 2.85 bits per heavy atom. The van der Waals surface area contributed by atoms with Gasteiger partial charge < -0.3 is 9.15 Å². The second-order valence-corrected chi connectivity index (χ2v) is 6.29. The molecule has 0 saturated carbocycles. The first-order valence-corrected chi connectivity index (χ1v) is 8.81. The van der Waals surface area contributed by atoms with Crippen LogP contribution in [0.3, 0.4) is 0 Å². The van der Waals surface area contributed by atoms with Gasteiger partial charge in [0.15, 0.2) is 0 Å². The van der Waals surface area contributed by atoms with Crippen LogP contribution in [0.2, 0.25) is 0 Å². The number of furan rings is 1. The van der Waals surface area contributed by atoms with E-state index in [9.17, 15) is 4.79 Å². The molecule has 0 spiro atoms. The fourth-order valence-electron chi connectivity index (χ4n) is 2.14. The number of amides is 1. The maximum absolute atomic E-state index is 11.8. The normalized spacial score (nSPS) is 10.8. The van der Waals surface area contributed by atoms with Crippen LogP contribution in [-0.2, 0) is 4.74 Å². The van der Waals surface area contributed by atoms with Crippen LogP contribution in [0.1, 0.15) is 18.2 Å². The van der Waals surface area contributed by atoms with Crippen LogP contribution < -0.4 is 10.7 Å². The summed E-state index contributed by atoms with van der Waals surface area (Å²) in [5.74, 6) is 0.623. The molecular weight excluding hydrogens is 352 g/mol. The van der Waals surface area contributed by atoms with E-state index in [1.165, 1.54) is 11.3 Å². The molecule has 0 atom stereocenters. The fourth-order valence-corrected chi connectivity index (χ4v) is 2.96. The highest BCUT2D eigenvalue weighted by molar-refractivity contribution is 7.20. The number of nitrogens with zero attached hydrogens (tertiary/aromatic N) is 2. The number of aromatic nitrogens is 1. The van der Waals surface area contributed by atoms with E-state index < -0.39 is 6.09 Å². The molecule has 0 aliphatic rings. The van der Waals surface area contributed by atoms with E-state index in [2.05, 4.69) is 20.8 Å². The summed E-state index contributed by atoms with van der Waals surface area (Å²) in [5.41, 5.74) is 5.54. The van der Waals surface area contributed by atoms with Gasteiger partial charge in [0, 0.05) is 5.56 Å². The summed E-state index contributed by atoms with van der Waals surface area (Å²) in [6.45, 7) is 4.06. The molecule has 0 saturated heterocycles. The van der Waals surface area contributed by atoms with Crippen LogP contribution in [-0.4, -0.2) is 23.9 Å². The molecule has 2 heterocycles. The van der Waals surface area contributed by atoms with Gasteiger partial charge in [0.25, 0.3) is 0 Å². The lowest BCUT2D eigenvalue weighted by molar-refractivity contribution is 0.168. The van der Waals surface area contributed by atoms with Gasteiger partial charge in [0.05, 0.1) is 19.1 Å². The van der Waals surface area contributed by atoms with Crippen molar-refractivity contribution in [1.29, 1.82) is 0 Å². The maximum Gasteiger partial charge on any atom is 0.412 e. The highest BCUT2D eigenvalue weighted by Crippen LogP contribution is 2.36. The first-order chi connectivity index (χ1) is 12.7. The van der Waals surface area contributed by atoms with Crippen molar-refractivity contribution < 1.29 is 13.9 Å². The summed E-state index contributed by atoms with van der Waals surface area (Å²) >= 11 is 1.27. The zero-order valence-electron chi connectivity index (χ0n) is 14.4. The Labute approximate surface area is 154 Å². The average Bonchev–Trinajstić information content (AvgIpc) is 3.26. The Hall–Kier alpha value is -3.13.